The number of hydrogen-bond acceptors (Lipinski definition) is 3. The molecule has 0 unspecified atom stereocenters. The zero-order chi connectivity index (χ0) is 12.2. The summed E-state index contributed by atoms with van der Waals surface area (Å²) in [5, 5.41) is 3.09. The van der Waals surface area contributed by atoms with Crippen molar-refractivity contribution in [3.63, 3.8) is 0 Å². The molecule has 1 aliphatic carbocycles. The predicted molar refractivity (Wildman–Crippen MR) is 70.6 cm³/mol. The third-order valence-electron chi connectivity index (χ3n) is 4.02. The summed E-state index contributed by atoms with van der Waals surface area (Å²) in [7, 11) is 0. The number of amides is 1. The molecule has 0 aromatic carbocycles. The average molecular weight is 244 g/mol. The first kappa shape index (κ1) is 13.8. The number of hydrogen-bond donors (Lipinski definition) is 2. The molecule has 0 atom stereocenters. The second kappa shape index (κ2) is 5.41. The fourth-order valence-electron chi connectivity index (χ4n) is 1.96. The van der Waals surface area contributed by atoms with Crippen LogP contribution in [0.3, 0.4) is 0 Å². The van der Waals surface area contributed by atoms with Gasteiger partial charge in [0.1, 0.15) is 0 Å². The van der Waals surface area contributed by atoms with E-state index in [0.717, 1.165) is 32.2 Å². The number of carbonyl (C=O) groups is 1. The predicted octanol–water partition coefficient (Wildman–Crippen LogP) is 1.76. The highest BCUT2D eigenvalue weighted by Gasteiger charge is 2.48. The van der Waals surface area contributed by atoms with Crippen LogP contribution in [0.1, 0.15) is 39.5 Å². The van der Waals surface area contributed by atoms with Crippen LogP contribution in [-0.2, 0) is 4.79 Å². The van der Waals surface area contributed by atoms with E-state index in [0.29, 0.717) is 6.54 Å². The van der Waals surface area contributed by atoms with E-state index in [4.69, 9.17) is 5.73 Å². The van der Waals surface area contributed by atoms with Gasteiger partial charge in [-0.05, 0) is 31.9 Å². The normalized spacial score (nSPS) is 18.2. The van der Waals surface area contributed by atoms with Gasteiger partial charge in [-0.1, -0.05) is 13.8 Å². The molecule has 3 nitrogen and oxygen atoms in total. The third-order valence-corrected chi connectivity index (χ3v) is 5.61. The third kappa shape index (κ3) is 2.72. The first-order valence-electron chi connectivity index (χ1n) is 6.11. The molecule has 1 saturated carbocycles. The number of thioether (sulfide) groups is 1. The maximum Gasteiger partial charge on any atom is 0.227 e. The Kier molecular flexibility index (Phi) is 4.68. The lowest BCUT2D eigenvalue weighted by atomic mass is 10.0. The van der Waals surface area contributed by atoms with Gasteiger partial charge in [0.2, 0.25) is 5.91 Å². The highest BCUT2D eigenvalue weighted by Crippen LogP contribution is 2.44. The van der Waals surface area contributed by atoms with Crippen LogP contribution in [0, 0.1) is 5.41 Å². The molecule has 0 aromatic heterocycles. The van der Waals surface area contributed by atoms with Crippen molar-refractivity contribution < 1.29 is 4.79 Å². The van der Waals surface area contributed by atoms with E-state index >= 15 is 0 Å². The van der Waals surface area contributed by atoms with Crippen LogP contribution in [0.2, 0.25) is 0 Å². The topological polar surface area (TPSA) is 55.1 Å². The van der Waals surface area contributed by atoms with Crippen LogP contribution >= 0.6 is 11.8 Å². The van der Waals surface area contributed by atoms with Crippen LogP contribution in [-0.4, -0.2) is 30.0 Å². The van der Waals surface area contributed by atoms with Gasteiger partial charge in [-0.25, -0.2) is 0 Å². The van der Waals surface area contributed by atoms with E-state index < -0.39 is 0 Å². The lowest BCUT2D eigenvalue weighted by molar-refractivity contribution is -0.126. The van der Waals surface area contributed by atoms with Crippen molar-refractivity contribution in [2.75, 3.05) is 19.3 Å². The zero-order valence-electron chi connectivity index (χ0n) is 10.6. The molecular formula is C12H24N2OS. The van der Waals surface area contributed by atoms with E-state index in [1.54, 1.807) is 0 Å². The van der Waals surface area contributed by atoms with Crippen LogP contribution in [0.4, 0.5) is 0 Å². The lowest BCUT2D eigenvalue weighted by Gasteiger charge is -2.30. The summed E-state index contributed by atoms with van der Waals surface area (Å²) in [6, 6.07) is 0. The van der Waals surface area contributed by atoms with Crippen molar-refractivity contribution in [1.82, 2.24) is 5.32 Å². The molecule has 0 saturated heterocycles. The molecule has 1 fully saturated rings. The average Bonchev–Trinajstić information content (AvgIpc) is 3.12. The summed E-state index contributed by atoms with van der Waals surface area (Å²) in [5.74, 6) is 0.162. The first-order chi connectivity index (χ1) is 7.58. The molecule has 16 heavy (non-hydrogen) atoms. The number of nitrogens with two attached hydrogens (primary N) is 1. The Morgan fingerprint density at radius 2 is 2.00 bits per heavy atom. The summed E-state index contributed by atoms with van der Waals surface area (Å²) >= 11 is 1.85. The first-order valence-corrected chi connectivity index (χ1v) is 7.34. The maximum atomic E-state index is 12.0. The van der Waals surface area contributed by atoms with Gasteiger partial charge < -0.3 is 11.1 Å². The van der Waals surface area contributed by atoms with E-state index in [-0.39, 0.29) is 16.1 Å². The molecule has 0 spiro atoms. The Balaban J connectivity index is 2.47. The van der Waals surface area contributed by atoms with Gasteiger partial charge in [0.15, 0.2) is 0 Å². The Hall–Kier alpha value is -0.220. The van der Waals surface area contributed by atoms with Crippen LogP contribution < -0.4 is 11.1 Å². The minimum atomic E-state index is -0.217. The molecule has 0 bridgehead atoms. The van der Waals surface area contributed by atoms with E-state index in [9.17, 15) is 4.79 Å². The Morgan fingerprint density at radius 1 is 1.44 bits per heavy atom. The summed E-state index contributed by atoms with van der Waals surface area (Å²) in [6.07, 6.45) is 6.20. The molecule has 0 radical (unpaired) electrons. The second-order valence-electron chi connectivity index (χ2n) is 4.76. The van der Waals surface area contributed by atoms with Gasteiger partial charge in [0.25, 0.3) is 0 Å². The largest absolute Gasteiger partial charge is 0.354 e. The SMILES string of the molecule is CCC(CC)(CNC(=O)C1(CN)CC1)SC. The fraction of sp³-hybridized carbons (Fsp3) is 0.917. The van der Waals surface area contributed by atoms with Gasteiger partial charge in [-0.15, -0.1) is 0 Å². The minimum absolute atomic E-state index is 0.162. The van der Waals surface area contributed by atoms with Crippen molar-refractivity contribution in [2.24, 2.45) is 11.1 Å². The van der Waals surface area contributed by atoms with E-state index in [1.807, 2.05) is 11.8 Å². The van der Waals surface area contributed by atoms with Crippen molar-refractivity contribution in [1.29, 1.82) is 0 Å². The molecule has 0 heterocycles. The molecule has 0 aliphatic heterocycles. The van der Waals surface area contributed by atoms with Crippen LogP contribution in [0.15, 0.2) is 0 Å². The van der Waals surface area contributed by atoms with Crippen molar-refractivity contribution in [3.8, 4) is 0 Å². The summed E-state index contributed by atoms with van der Waals surface area (Å²) in [4.78, 5) is 12.0. The fourth-order valence-corrected chi connectivity index (χ4v) is 2.76. The van der Waals surface area contributed by atoms with Gasteiger partial charge >= 0.3 is 0 Å². The Morgan fingerprint density at radius 3 is 2.31 bits per heavy atom. The summed E-state index contributed by atoms with van der Waals surface area (Å²) in [6.45, 7) is 5.62. The lowest BCUT2D eigenvalue weighted by Crippen LogP contribution is -2.44. The van der Waals surface area contributed by atoms with Gasteiger partial charge in [-0.2, -0.15) is 11.8 Å². The van der Waals surface area contributed by atoms with E-state index in [2.05, 4.69) is 25.4 Å². The van der Waals surface area contributed by atoms with Crippen molar-refractivity contribution in [2.45, 2.75) is 44.3 Å². The molecule has 94 valence electrons. The highest BCUT2D eigenvalue weighted by molar-refractivity contribution is 8.00. The molecule has 1 aliphatic rings. The smallest absolute Gasteiger partial charge is 0.227 e. The van der Waals surface area contributed by atoms with Gasteiger partial charge in [0.05, 0.1) is 5.41 Å². The molecule has 0 aromatic rings. The standard InChI is InChI=1S/C12H24N2OS/c1-4-12(5-2,16-3)9-14-10(15)11(8-13)6-7-11/h4-9,13H2,1-3H3,(H,14,15). The van der Waals surface area contributed by atoms with Crippen LogP contribution in [0.5, 0.6) is 0 Å². The minimum Gasteiger partial charge on any atom is -0.354 e. The highest BCUT2D eigenvalue weighted by atomic mass is 32.2. The Bertz CT molecular complexity index is 239. The number of rotatable bonds is 7. The van der Waals surface area contributed by atoms with Crippen LogP contribution in [0.25, 0.3) is 0 Å². The number of carbonyl (C=O) groups excluding carboxylic acids is 1. The maximum absolute atomic E-state index is 12.0. The second-order valence-corrected chi connectivity index (χ2v) is 6.04. The molecule has 1 rings (SSSR count). The quantitative estimate of drug-likeness (QED) is 0.717. The van der Waals surface area contributed by atoms with Crippen molar-refractivity contribution >= 4 is 17.7 Å². The monoisotopic (exact) mass is 244 g/mol. The molecule has 1 amide bonds. The molecule has 3 N–H and O–H groups in total. The van der Waals surface area contributed by atoms with E-state index in [1.165, 1.54) is 0 Å². The zero-order valence-corrected chi connectivity index (χ0v) is 11.5. The van der Waals surface area contributed by atoms with Gasteiger partial charge in [-0.3, -0.25) is 4.79 Å². The molecular weight excluding hydrogens is 220 g/mol. The summed E-state index contributed by atoms with van der Waals surface area (Å²) in [5.41, 5.74) is 5.42. The Labute approximate surface area is 103 Å². The molecule has 4 heteroatoms. The van der Waals surface area contributed by atoms with Gasteiger partial charge in [0, 0.05) is 17.8 Å². The number of nitrogens with one attached hydrogen (secondary N) is 1. The summed E-state index contributed by atoms with van der Waals surface area (Å²) < 4.78 is 0.195. The van der Waals surface area contributed by atoms with Crippen molar-refractivity contribution in [3.05, 3.63) is 0 Å².